The highest BCUT2D eigenvalue weighted by atomic mass is 32.1. The first-order chi connectivity index (χ1) is 5.20. The Bertz CT molecular complexity index is 208. The van der Waals surface area contributed by atoms with Crippen LogP contribution in [0, 0.1) is 5.92 Å². The number of amides is 1. The number of carbonyl (C=O) groups is 1. The molecule has 0 saturated carbocycles. The van der Waals surface area contributed by atoms with Crippen LogP contribution in [0.25, 0.3) is 0 Å². The molecule has 0 radical (unpaired) electrons. The zero-order valence-corrected chi connectivity index (χ0v) is 7.21. The van der Waals surface area contributed by atoms with Crippen LogP contribution in [0.1, 0.15) is 6.92 Å². The normalized spacial score (nSPS) is 26.0. The molecule has 1 aliphatic rings. The van der Waals surface area contributed by atoms with Crippen molar-refractivity contribution in [2.45, 2.75) is 12.2 Å². The number of rotatable bonds is 1. The number of thiol groups is 1. The lowest BCUT2D eigenvalue weighted by molar-refractivity contribution is -0.115. The van der Waals surface area contributed by atoms with Gasteiger partial charge in [0.2, 0.25) is 5.91 Å². The maximum Gasteiger partial charge on any atom is 0.247 e. The van der Waals surface area contributed by atoms with E-state index in [4.69, 9.17) is 0 Å². The van der Waals surface area contributed by atoms with Gasteiger partial charge in [-0.05, 0) is 6.08 Å². The molecule has 11 heavy (non-hydrogen) atoms. The van der Waals surface area contributed by atoms with Gasteiger partial charge in [-0.1, -0.05) is 19.1 Å². The lowest BCUT2D eigenvalue weighted by Crippen LogP contribution is -2.11. The Balaban J connectivity index is 2.69. The molecule has 1 amide bonds. The molecule has 0 aromatic rings. The lowest BCUT2D eigenvalue weighted by atomic mass is 10.1. The average molecular weight is 169 g/mol. The minimum Gasteiger partial charge on any atom is -0.329 e. The van der Waals surface area contributed by atoms with Crippen LogP contribution in [0.2, 0.25) is 0 Å². The molecule has 2 unspecified atom stereocenters. The summed E-state index contributed by atoms with van der Waals surface area (Å²) in [5, 5.41) is 2.83. The maximum atomic E-state index is 10.8. The third kappa shape index (κ3) is 2.42. The van der Waals surface area contributed by atoms with E-state index in [0.29, 0.717) is 0 Å². The molecule has 0 fully saturated rings. The molecular formula is C8H11NOS. The molecule has 2 nitrogen and oxygen atoms in total. The average Bonchev–Trinajstić information content (AvgIpc) is 2.13. The minimum atomic E-state index is -0.0715. The molecule has 0 spiro atoms. The van der Waals surface area contributed by atoms with Gasteiger partial charge in [-0.15, -0.1) is 0 Å². The molecule has 0 aromatic carbocycles. The Morgan fingerprint density at radius 2 is 2.36 bits per heavy atom. The molecule has 1 rings (SSSR count). The van der Waals surface area contributed by atoms with Crippen LogP contribution in [-0.4, -0.2) is 11.2 Å². The van der Waals surface area contributed by atoms with E-state index in [0.717, 1.165) is 0 Å². The number of nitrogens with one attached hydrogen (secondary N) is 1. The topological polar surface area (TPSA) is 29.1 Å². The number of allylic oxidation sites excluding steroid dienone is 2. The predicted octanol–water partition coefficient (Wildman–Crippen LogP) is 1.12. The maximum absolute atomic E-state index is 10.8. The number of carbonyl (C=O) groups excluding carboxylic acids is 1. The summed E-state index contributed by atoms with van der Waals surface area (Å²) in [7, 11) is 0. The van der Waals surface area contributed by atoms with Crippen molar-refractivity contribution in [3.05, 3.63) is 24.4 Å². The monoisotopic (exact) mass is 169 g/mol. The van der Waals surface area contributed by atoms with E-state index in [2.05, 4.69) is 17.9 Å². The fourth-order valence-corrected chi connectivity index (χ4v) is 1.07. The van der Waals surface area contributed by atoms with E-state index < -0.39 is 0 Å². The van der Waals surface area contributed by atoms with Crippen LogP contribution in [0.4, 0.5) is 0 Å². The van der Waals surface area contributed by atoms with Crippen molar-refractivity contribution in [1.29, 1.82) is 0 Å². The SMILES string of the molecule is CC(S)C1C=CNC(=O)C=C1. The summed E-state index contributed by atoms with van der Waals surface area (Å²) in [5.41, 5.74) is 0. The van der Waals surface area contributed by atoms with Crippen molar-refractivity contribution in [1.82, 2.24) is 5.32 Å². The zero-order chi connectivity index (χ0) is 8.27. The highest BCUT2D eigenvalue weighted by molar-refractivity contribution is 7.80. The van der Waals surface area contributed by atoms with Crippen molar-refractivity contribution >= 4 is 18.5 Å². The Morgan fingerprint density at radius 3 is 3.00 bits per heavy atom. The Morgan fingerprint density at radius 1 is 1.64 bits per heavy atom. The van der Waals surface area contributed by atoms with E-state index in [-0.39, 0.29) is 17.1 Å². The third-order valence-electron chi connectivity index (χ3n) is 1.57. The van der Waals surface area contributed by atoms with Gasteiger partial charge in [0.05, 0.1) is 0 Å². The summed E-state index contributed by atoms with van der Waals surface area (Å²) in [5.74, 6) is 0.176. The molecule has 1 aliphatic heterocycles. The van der Waals surface area contributed by atoms with E-state index >= 15 is 0 Å². The molecule has 60 valence electrons. The van der Waals surface area contributed by atoms with E-state index in [1.807, 2.05) is 19.1 Å². The van der Waals surface area contributed by atoms with Gasteiger partial charge in [0, 0.05) is 17.4 Å². The van der Waals surface area contributed by atoms with Crippen LogP contribution < -0.4 is 5.32 Å². The van der Waals surface area contributed by atoms with Gasteiger partial charge < -0.3 is 5.32 Å². The van der Waals surface area contributed by atoms with Gasteiger partial charge in [0.1, 0.15) is 0 Å². The minimum absolute atomic E-state index is 0.0715. The van der Waals surface area contributed by atoms with Gasteiger partial charge >= 0.3 is 0 Å². The highest BCUT2D eigenvalue weighted by Crippen LogP contribution is 2.13. The number of hydrogen-bond donors (Lipinski definition) is 2. The highest BCUT2D eigenvalue weighted by Gasteiger charge is 2.08. The molecule has 0 aromatic heterocycles. The van der Waals surface area contributed by atoms with E-state index in [9.17, 15) is 4.79 Å². The van der Waals surface area contributed by atoms with E-state index in [1.54, 1.807) is 6.20 Å². The van der Waals surface area contributed by atoms with Gasteiger partial charge in [-0.3, -0.25) is 4.79 Å². The Hall–Kier alpha value is -0.700. The van der Waals surface area contributed by atoms with Crippen LogP contribution in [-0.2, 0) is 4.79 Å². The van der Waals surface area contributed by atoms with Gasteiger partial charge in [-0.2, -0.15) is 12.6 Å². The van der Waals surface area contributed by atoms with Crippen molar-refractivity contribution in [3.8, 4) is 0 Å². The molecule has 2 atom stereocenters. The van der Waals surface area contributed by atoms with Crippen LogP contribution >= 0.6 is 12.6 Å². The molecular weight excluding hydrogens is 158 g/mol. The number of hydrogen-bond acceptors (Lipinski definition) is 2. The third-order valence-corrected chi connectivity index (χ3v) is 1.92. The van der Waals surface area contributed by atoms with Gasteiger partial charge in [0.25, 0.3) is 0 Å². The lowest BCUT2D eigenvalue weighted by Gasteiger charge is -2.08. The Labute approximate surface area is 71.8 Å². The molecule has 0 saturated heterocycles. The van der Waals surface area contributed by atoms with Crippen molar-refractivity contribution < 1.29 is 4.79 Å². The zero-order valence-electron chi connectivity index (χ0n) is 6.32. The molecule has 1 heterocycles. The Kier molecular flexibility index (Phi) is 2.76. The second-order valence-corrected chi connectivity index (χ2v) is 3.36. The largest absolute Gasteiger partial charge is 0.329 e. The summed E-state index contributed by atoms with van der Waals surface area (Å²) in [6, 6.07) is 0. The molecule has 3 heteroatoms. The van der Waals surface area contributed by atoms with Crippen LogP contribution in [0.3, 0.4) is 0 Å². The molecule has 1 N–H and O–H groups in total. The quantitative estimate of drug-likeness (QED) is 0.566. The van der Waals surface area contributed by atoms with Gasteiger partial charge in [-0.25, -0.2) is 0 Å². The summed E-state index contributed by atoms with van der Waals surface area (Å²) in [4.78, 5) is 10.8. The van der Waals surface area contributed by atoms with Gasteiger partial charge in [0.15, 0.2) is 0 Å². The van der Waals surface area contributed by atoms with Crippen molar-refractivity contribution in [2.24, 2.45) is 5.92 Å². The first-order valence-corrected chi connectivity index (χ1v) is 4.05. The van der Waals surface area contributed by atoms with Crippen molar-refractivity contribution in [3.63, 3.8) is 0 Å². The summed E-state index contributed by atoms with van der Waals surface area (Å²) >= 11 is 4.28. The van der Waals surface area contributed by atoms with Crippen molar-refractivity contribution in [2.75, 3.05) is 0 Å². The van der Waals surface area contributed by atoms with Crippen LogP contribution in [0.15, 0.2) is 24.4 Å². The predicted molar refractivity (Wildman–Crippen MR) is 48.4 cm³/mol. The van der Waals surface area contributed by atoms with E-state index in [1.165, 1.54) is 6.08 Å². The second kappa shape index (κ2) is 3.62. The molecule has 0 aliphatic carbocycles. The first-order valence-electron chi connectivity index (χ1n) is 3.53. The van der Waals surface area contributed by atoms with Crippen LogP contribution in [0.5, 0.6) is 0 Å². The summed E-state index contributed by atoms with van der Waals surface area (Å²) < 4.78 is 0. The fourth-order valence-electron chi connectivity index (χ4n) is 0.874. The smallest absolute Gasteiger partial charge is 0.247 e. The second-order valence-electron chi connectivity index (χ2n) is 2.54. The first kappa shape index (κ1) is 8.40. The fraction of sp³-hybridized carbons (Fsp3) is 0.375. The standard InChI is InChI=1S/C8H11NOS/c1-6(11)7-2-3-8(10)9-5-4-7/h2-7,11H,1H3,(H,9,10). The summed E-state index contributed by atoms with van der Waals surface area (Å²) in [6.07, 6.45) is 6.99. The summed E-state index contributed by atoms with van der Waals surface area (Å²) in [6.45, 7) is 2.00. The molecule has 0 bridgehead atoms.